The van der Waals surface area contributed by atoms with Crippen molar-refractivity contribution in [3.05, 3.63) is 53.5 Å². The number of rotatable bonds is 5. The average Bonchev–Trinajstić information content (AvgIpc) is 3.05. The van der Waals surface area contributed by atoms with E-state index in [-0.39, 0.29) is 5.91 Å². The first kappa shape index (κ1) is 15.3. The lowest BCUT2D eigenvalue weighted by Crippen LogP contribution is -2.26. The minimum Gasteiger partial charge on any atom is -0.352 e. The summed E-state index contributed by atoms with van der Waals surface area (Å²) >= 11 is 0. The molecule has 120 valence electrons. The zero-order chi connectivity index (χ0) is 16.4. The normalized spacial score (nSPS) is 11.1. The Bertz CT molecular complexity index is 844. The van der Waals surface area contributed by atoms with Crippen molar-refractivity contribution in [3.63, 3.8) is 0 Å². The molecular weight excluding hydrogens is 288 g/mol. The van der Waals surface area contributed by atoms with Gasteiger partial charge in [0.15, 0.2) is 0 Å². The number of carbonyl (C=O) groups is 1. The van der Waals surface area contributed by atoms with E-state index in [1.807, 2.05) is 27.0 Å². The third kappa shape index (κ3) is 2.99. The Morgan fingerprint density at radius 2 is 2.00 bits per heavy atom. The number of amides is 1. The second-order valence-electron chi connectivity index (χ2n) is 5.85. The molecular formula is C18H22N4O. The van der Waals surface area contributed by atoms with Crippen molar-refractivity contribution in [3.8, 4) is 0 Å². The molecule has 23 heavy (non-hydrogen) atoms. The lowest BCUT2D eigenvalue weighted by molar-refractivity contribution is 0.0951. The first-order valence-corrected chi connectivity index (χ1v) is 7.90. The third-order valence-corrected chi connectivity index (χ3v) is 4.28. The molecule has 0 fully saturated rings. The summed E-state index contributed by atoms with van der Waals surface area (Å²) in [5.74, 6) is -0.0366. The van der Waals surface area contributed by atoms with Crippen LogP contribution in [0.4, 0.5) is 0 Å². The van der Waals surface area contributed by atoms with Crippen LogP contribution in [0, 0.1) is 13.8 Å². The molecule has 0 spiro atoms. The van der Waals surface area contributed by atoms with Crippen LogP contribution < -0.4 is 5.32 Å². The summed E-state index contributed by atoms with van der Waals surface area (Å²) < 4.78 is 3.97. The van der Waals surface area contributed by atoms with Gasteiger partial charge >= 0.3 is 0 Å². The molecule has 0 aliphatic heterocycles. The topological polar surface area (TPSA) is 51.9 Å². The first-order valence-electron chi connectivity index (χ1n) is 7.90. The molecule has 0 unspecified atom stereocenters. The van der Waals surface area contributed by atoms with Crippen molar-refractivity contribution in [2.45, 2.75) is 26.8 Å². The van der Waals surface area contributed by atoms with Gasteiger partial charge in [0.2, 0.25) is 0 Å². The molecule has 0 saturated carbocycles. The highest BCUT2D eigenvalue weighted by Gasteiger charge is 2.16. The number of benzene rings is 1. The van der Waals surface area contributed by atoms with Gasteiger partial charge in [0.1, 0.15) is 0 Å². The molecule has 1 aromatic carbocycles. The number of fused-ring (bicyclic) bond motifs is 1. The monoisotopic (exact) mass is 310 g/mol. The highest BCUT2D eigenvalue weighted by Crippen LogP contribution is 2.15. The smallest absolute Gasteiger partial charge is 0.255 e. The van der Waals surface area contributed by atoms with Gasteiger partial charge in [-0.2, -0.15) is 5.10 Å². The Labute approximate surface area is 135 Å². The quantitative estimate of drug-likeness (QED) is 0.737. The lowest BCUT2D eigenvalue weighted by atomic mass is 10.2. The standard InChI is InChI=1S/C18H22N4O/c1-13-17(14(2)21(3)20-13)18(23)19-10-6-11-22-12-9-15-7-4-5-8-16(15)22/h4-5,7-9,12H,6,10-11H2,1-3H3,(H,19,23). The van der Waals surface area contributed by atoms with Gasteiger partial charge in [-0.1, -0.05) is 18.2 Å². The summed E-state index contributed by atoms with van der Waals surface area (Å²) in [5, 5.41) is 8.53. The fraction of sp³-hybridized carbons (Fsp3) is 0.333. The maximum Gasteiger partial charge on any atom is 0.255 e. The molecule has 3 rings (SSSR count). The van der Waals surface area contributed by atoms with Crippen molar-refractivity contribution in [2.75, 3.05) is 6.54 Å². The third-order valence-electron chi connectivity index (χ3n) is 4.28. The minimum absolute atomic E-state index is 0.0366. The molecule has 1 N–H and O–H groups in total. The maximum atomic E-state index is 12.3. The molecule has 0 bridgehead atoms. The number of hydrogen-bond donors (Lipinski definition) is 1. The van der Waals surface area contributed by atoms with Crippen molar-refractivity contribution in [1.29, 1.82) is 0 Å². The minimum atomic E-state index is -0.0366. The number of aromatic nitrogens is 3. The van der Waals surface area contributed by atoms with E-state index in [1.54, 1.807) is 4.68 Å². The Morgan fingerprint density at radius 3 is 2.74 bits per heavy atom. The fourth-order valence-electron chi connectivity index (χ4n) is 2.98. The molecule has 5 nitrogen and oxygen atoms in total. The number of carbonyl (C=O) groups excluding carboxylic acids is 1. The second kappa shape index (κ2) is 6.28. The van der Waals surface area contributed by atoms with Gasteiger partial charge in [-0.3, -0.25) is 9.48 Å². The van der Waals surface area contributed by atoms with E-state index in [9.17, 15) is 4.79 Å². The van der Waals surface area contributed by atoms with Crippen LogP contribution in [0.3, 0.4) is 0 Å². The van der Waals surface area contributed by atoms with Crippen LogP contribution in [0.25, 0.3) is 10.9 Å². The van der Waals surface area contributed by atoms with Gasteiger partial charge in [-0.25, -0.2) is 0 Å². The molecule has 3 aromatic rings. The highest BCUT2D eigenvalue weighted by atomic mass is 16.1. The van der Waals surface area contributed by atoms with Crippen LogP contribution in [0.15, 0.2) is 36.5 Å². The van der Waals surface area contributed by atoms with Crippen LogP contribution in [-0.4, -0.2) is 26.8 Å². The lowest BCUT2D eigenvalue weighted by Gasteiger charge is -2.08. The molecule has 0 atom stereocenters. The van der Waals surface area contributed by atoms with E-state index in [0.29, 0.717) is 12.1 Å². The van der Waals surface area contributed by atoms with E-state index >= 15 is 0 Å². The maximum absolute atomic E-state index is 12.3. The Hall–Kier alpha value is -2.56. The van der Waals surface area contributed by atoms with E-state index in [4.69, 9.17) is 0 Å². The largest absolute Gasteiger partial charge is 0.352 e. The first-order chi connectivity index (χ1) is 11.1. The van der Waals surface area contributed by atoms with E-state index < -0.39 is 0 Å². The summed E-state index contributed by atoms with van der Waals surface area (Å²) in [6.45, 7) is 5.33. The fourth-order valence-corrected chi connectivity index (χ4v) is 2.98. The van der Waals surface area contributed by atoms with Crippen molar-refractivity contribution < 1.29 is 4.79 Å². The predicted octanol–water partition coefficient (Wildman–Crippen LogP) is 2.81. The Morgan fingerprint density at radius 1 is 1.22 bits per heavy atom. The van der Waals surface area contributed by atoms with Gasteiger partial charge in [-0.05, 0) is 37.8 Å². The van der Waals surface area contributed by atoms with E-state index in [0.717, 1.165) is 24.4 Å². The van der Waals surface area contributed by atoms with E-state index in [1.165, 1.54) is 10.9 Å². The Kier molecular flexibility index (Phi) is 4.19. The highest BCUT2D eigenvalue weighted by molar-refractivity contribution is 5.96. The van der Waals surface area contributed by atoms with Crippen LogP contribution in [0.1, 0.15) is 28.2 Å². The zero-order valence-electron chi connectivity index (χ0n) is 13.8. The molecule has 1 amide bonds. The SMILES string of the molecule is Cc1nn(C)c(C)c1C(=O)NCCCn1ccc2ccccc21. The van der Waals surface area contributed by atoms with Gasteiger partial charge < -0.3 is 9.88 Å². The van der Waals surface area contributed by atoms with Gasteiger partial charge in [0.05, 0.1) is 11.3 Å². The zero-order valence-corrected chi connectivity index (χ0v) is 13.8. The van der Waals surface area contributed by atoms with Crippen molar-refractivity contribution >= 4 is 16.8 Å². The number of nitrogens with one attached hydrogen (secondary N) is 1. The predicted molar refractivity (Wildman–Crippen MR) is 91.6 cm³/mol. The molecule has 2 heterocycles. The second-order valence-corrected chi connectivity index (χ2v) is 5.85. The molecule has 5 heteroatoms. The van der Waals surface area contributed by atoms with Gasteiger partial charge in [0.25, 0.3) is 5.91 Å². The number of aryl methyl sites for hydroxylation is 3. The summed E-state index contributed by atoms with van der Waals surface area (Å²) in [7, 11) is 1.86. The van der Waals surface area contributed by atoms with Crippen LogP contribution in [0.2, 0.25) is 0 Å². The summed E-state index contributed by atoms with van der Waals surface area (Å²) in [6.07, 6.45) is 2.99. The van der Waals surface area contributed by atoms with Crippen LogP contribution >= 0.6 is 0 Å². The van der Waals surface area contributed by atoms with Crippen LogP contribution in [-0.2, 0) is 13.6 Å². The molecule has 0 radical (unpaired) electrons. The van der Waals surface area contributed by atoms with Crippen molar-refractivity contribution in [1.82, 2.24) is 19.7 Å². The summed E-state index contributed by atoms with van der Waals surface area (Å²) in [5.41, 5.74) is 3.60. The summed E-state index contributed by atoms with van der Waals surface area (Å²) in [4.78, 5) is 12.3. The molecule has 0 saturated heterocycles. The number of nitrogens with zero attached hydrogens (tertiary/aromatic N) is 3. The van der Waals surface area contributed by atoms with Gasteiger partial charge in [0, 0.05) is 37.5 Å². The molecule has 0 aliphatic carbocycles. The van der Waals surface area contributed by atoms with E-state index in [2.05, 4.69) is 45.4 Å². The Balaban J connectivity index is 1.56. The number of hydrogen-bond acceptors (Lipinski definition) is 2. The van der Waals surface area contributed by atoms with Gasteiger partial charge in [-0.15, -0.1) is 0 Å². The summed E-state index contributed by atoms with van der Waals surface area (Å²) in [6, 6.07) is 10.5. The molecule has 2 aromatic heterocycles. The number of para-hydroxylation sites is 1. The average molecular weight is 310 g/mol. The van der Waals surface area contributed by atoms with Crippen molar-refractivity contribution in [2.24, 2.45) is 7.05 Å². The molecule has 0 aliphatic rings. The van der Waals surface area contributed by atoms with Crippen LogP contribution in [0.5, 0.6) is 0 Å².